The number of aromatic nitrogens is 1. The van der Waals surface area contributed by atoms with Crippen LogP contribution in [0.1, 0.15) is 42.7 Å². The molecule has 0 saturated carbocycles. The summed E-state index contributed by atoms with van der Waals surface area (Å²) in [6.07, 6.45) is 1.43. The normalized spacial score (nSPS) is 12.6. The summed E-state index contributed by atoms with van der Waals surface area (Å²) in [6, 6.07) is 8.37. The molecule has 1 aromatic carbocycles. The molecule has 1 aromatic heterocycles. The van der Waals surface area contributed by atoms with Crippen molar-refractivity contribution in [3.8, 4) is 5.75 Å². The van der Waals surface area contributed by atoms with E-state index in [0.29, 0.717) is 36.6 Å². The molecule has 7 nitrogen and oxygen atoms in total. The van der Waals surface area contributed by atoms with Crippen molar-refractivity contribution < 1.29 is 13.9 Å². The first kappa shape index (κ1) is 22.9. The van der Waals surface area contributed by atoms with Crippen LogP contribution in [0.5, 0.6) is 5.75 Å². The second-order valence-electron chi connectivity index (χ2n) is 7.93. The zero-order chi connectivity index (χ0) is 21.4. The fraction of sp³-hybridized carbons (Fsp3) is 0.545. The minimum Gasteiger partial charge on any atom is -0.497 e. The van der Waals surface area contributed by atoms with Crippen molar-refractivity contribution in [1.82, 2.24) is 20.1 Å². The molecule has 0 fully saturated rings. The van der Waals surface area contributed by atoms with E-state index in [1.54, 1.807) is 7.11 Å². The molecule has 2 rings (SSSR count). The van der Waals surface area contributed by atoms with Gasteiger partial charge in [0, 0.05) is 25.7 Å². The van der Waals surface area contributed by atoms with Gasteiger partial charge in [0.2, 0.25) is 5.89 Å². The molecular weight excluding hydrogens is 368 g/mol. The third-order valence-corrected chi connectivity index (χ3v) is 5.03. The zero-order valence-corrected chi connectivity index (χ0v) is 18.4. The number of ether oxygens (including phenoxy) is 1. The Bertz CT molecular complexity index is 773. The number of methoxy groups -OCH3 is 1. The smallest absolute Gasteiger partial charge is 0.273 e. The highest BCUT2D eigenvalue weighted by Crippen LogP contribution is 2.20. The number of hydrogen-bond donors (Lipinski definition) is 1. The maximum atomic E-state index is 12.2. The Kier molecular flexibility index (Phi) is 8.67. The van der Waals surface area contributed by atoms with Gasteiger partial charge in [-0.3, -0.25) is 9.69 Å². The predicted molar refractivity (Wildman–Crippen MR) is 114 cm³/mol. The molecule has 0 aliphatic carbocycles. The van der Waals surface area contributed by atoms with Gasteiger partial charge in [-0.25, -0.2) is 4.98 Å². The summed E-state index contributed by atoms with van der Waals surface area (Å²) in [5.41, 5.74) is 1.47. The maximum absolute atomic E-state index is 12.2. The Balaban J connectivity index is 2.07. The number of nitrogens with zero attached hydrogens (tertiary/aromatic N) is 3. The van der Waals surface area contributed by atoms with Crippen molar-refractivity contribution in [2.24, 2.45) is 5.92 Å². The summed E-state index contributed by atoms with van der Waals surface area (Å²) in [4.78, 5) is 21.0. The number of carbonyl (C=O) groups is 1. The molecule has 0 radical (unpaired) electrons. The molecule has 1 atom stereocenters. The van der Waals surface area contributed by atoms with E-state index < -0.39 is 0 Å². The molecule has 2 aromatic rings. The van der Waals surface area contributed by atoms with Crippen LogP contribution in [0.4, 0.5) is 0 Å². The topological polar surface area (TPSA) is 70.8 Å². The van der Waals surface area contributed by atoms with E-state index >= 15 is 0 Å². The van der Waals surface area contributed by atoms with Gasteiger partial charge < -0.3 is 19.4 Å². The maximum Gasteiger partial charge on any atom is 0.273 e. The van der Waals surface area contributed by atoms with Crippen molar-refractivity contribution in [3.05, 3.63) is 47.7 Å². The quantitative estimate of drug-likeness (QED) is 0.623. The van der Waals surface area contributed by atoms with Crippen molar-refractivity contribution in [3.63, 3.8) is 0 Å². The molecule has 7 heteroatoms. The molecule has 0 aliphatic rings. The first-order valence-electron chi connectivity index (χ1n) is 10.0. The van der Waals surface area contributed by atoms with Crippen molar-refractivity contribution in [2.75, 3.05) is 34.3 Å². The number of oxazole rings is 1. The molecule has 29 heavy (non-hydrogen) atoms. The van der Waals surface area contributed by atoms with Crippen LogP contribution in [0.2, 0.25) is 0 Å². The summed E-state index contributed by atoms with van der Waals surface area (Å²) in [7, 11) is 5.60. The number of hydrogen-bond acceptors (Lipinski definition) is 6. The lowest BCUT2D eigenvalue weighted by atomic mass is 10.0. The highest BCUT2D eigenvalue weighted by atomic mass is 16.5. The minimum atomic E-state index is -0.210. The van der Waals surface area contributed by atoms with Crippen LogP contribution >= 0.6 is 0 Å². The van der Waals surface area contributed by atoms with Crippen molar-refractivity contribution >= 4 is 5.91 Å². The van der Waals surface area contributed by atoms with Crippen LogP contribution < -0.4 is 10.1 Å². The van der Waals surface area contributed by atoms with E-state index in [9.17, 15) is 4.79 Å². The van der Waals surface area contributed by atoms with Crippen LogP contribution in [0.15, 0.2) is 34.9 Å². The molecular formula is C22H34N4O3. The van der Waals surface area contributed by atoms with Gasteiger partial charge in [0.15, 0.2) is 5.69 Å². The van der Waals surface area contributed by atoms with Gasteiger partial charge in [0.1, 0.15) is 12.0 Å². The molecule has 0 spiro atoms. The first-order chi connectivity index (χ1) is 13.8. The standard InChI is InChI=1S/C22H34N4O3/c1-16(2)17(3)26(13-18-8-7-9-19(12-18)28-6)14-21-24-20(15-29-21)22(27)23-10-11-25(4)5/h7-9,12,15-17H,10-11,13-14H2,1-6H3,(H,23,27). The minimum absolute atomic E-state index is 0.210. The number of benzene rings is 1. The number of likely N-dealkylation sites (N-methyl/N-ethyl adjacent to an activating group) is 1. The van der Waals surface area contributed by atoms with Gasteiger partial charge in [-0.05, 0) is 44.6 Å². The first-order valence-corrected chi connectivity index (χ1v) is 10.0. The van der Waals surface area contributed by atoms with Gasteiger partial charge in [-0.1, -0.05) is 26.0 Å². The highest BCUT2D eigenvalue weighted by Gasteiger charge is 2.21. The lowest BCUT2D eigenvalue weighted by Crippen LogP contribution is -2.36. The number of rotatable bonds is 11. The van der Waals surface area contributed by atoms with E-state index in [1.807, 2.05) is 37.2 Å². The summed E-state index contributed by atoms with van der Waals surface area (Å²) >= 11 is 0. The molecule has 0 saturated heterocycles. The second-order valence-corrected chi connectivity index (χ2v) is 7.93. The Hall–Kier alpha value is -2.38. The van der Waals surface area contributed by atoms with Crippen LogP contribution in [0.25, 0.3) is 0 Å². The Morgan fingerprint density at radius 3 is 2.66 bits per heavy atom. The SMILES string of the molecule is COc1cccc(CN(Cc2nc(C(=O)NCCN(C)C)co2)C(C)C(C)C)c1. The average molecular weight is 403 g/mol. The van der Waals surface area contributed by atoms with E-state index in [2.05, 4.69) is 42.0 Å². The van der Waals surface area contributed by atoms with Crippen molar-refractivity contribution in [2.45, 2.75) is 39.9 Å². The third-order valence-electron chi connectivity index (χ3n) is 5.03. The van der Waals surface area contributed by atoms with E-state index in [0.717, 1.165) is 24.4 Å². The van der Waals surface area contributed by atoms with E-state index in [1.165, 1.54) is 6.26 Å². The Morgan fingerprint density at radius 2 is 2.00 bits per heavy atom. The summed E-state index contributed by atoms with van der Waals surface area (Å²) < 4.78 is 10.9. The fourth-order valence-electron chi connectivity index (χ4n) is 2.92. The lowest BCUT2D eigenvalue weighted by molar-refractivity contribution is 0.0945. The number of amides is 1. The molecule has 0 bridgehead atoms. The lowest BCUT2D eigenvalue weighted by Gasteiger charge is -2.30. The fourth-order valence-corrected chi connectivity index (χ4v) is 2.92. The Morgan fingerprint density at radius 1 is 1.24 bits per heavy atom. The molecule has 0 aliphatic heterocycles. The van der Waals surface area contributed by atoms with Crippen LogP contribution in [-0.4, -0.2) is 61.0 Å². The largest absolute Gasteiger partial charge is 0.497 e. The Labute approximate surface area is 174 Å². The van der Waals surface area contributed by atoms with Gasteiger partial charge >= 0.3 is 0 Å². The van der Waals surface area contributed by atoms with E-state index in [-0.39, 0.29) is 5.91 Å². The van der Waals surface area contributed by atoms with E-state index in [4.69, 9.17) is 9.15 Å². The number of nitrogens with one attached hydrogen (secondary N) is 1. The van der Waals surface area contributed by atoms with Gasteiger partial charge in [-0.2, -0.15) is 0 Å². The van der Waals surface area contributed by atoms with Gasteiger partial charge in [0.05, 0.1) is 13.7 Å². The average Bonchev–Trinajstić information content (AvgIpc) is 3.15. The van der Waals surface area contributed by atoms with Crippen LogP contribution in [-0.2, 0) is 13.1 Å². The van der Waals surface area contributed by atoms with Gasteiger partial charge in [0.25, 0.3) is 5.91 Å². The molecule has 1 unspecified atom stereocenters. The number of carbonyl (C=O) groups excluding carboxylic acids is 1. The molecule has 1 heterocycles. The second kappa shape index (κ2) is 11.0. The summed E-state index contributed by atoms with van der Waals surface area (Å²) in [6.45, 7) is 9.20. The monoisotopic (exact) mass is 402 g/mol. The zero-order valence-electron chi connectivity index (χ0n) is 18.4. The molecule has 1 amide bonds. The van der Waals surface area contributed by atoms with Crippen LogP contribution in [0.3, 0.4) is 0 Å². The molecule has 160 valence electrons. The van der Waals surface area contributed by atoms with Crippen LogP contribution in [0, 0.1) is 5.92 Å². The molecule has 1 N–H and O–H groups in total. The predicted octanol–water partition coefficient (Wildman–Crippen LogP) is 3.02. The summed E-state index contributed by atoms with van der Waals surface area (Å²) in [5, 5.41) is 2.86. The highest BCUT2D eigenvalue weighted by molar-refractivity contribution is 5.91. The van der Waals surface area contributed by atoms with Gasteiger partial charge in [-0.15, -0.1) is 0 Å². The van der Waals surface area contributed by atoms with Crippen molar-refractivity contribution in [1.29, 1.82) is 0 Å². The third kappa shape index (κ3) is 7.18. The summed E-state index contributed by atoms with van der Waals surface area (Å²) in [5.74, 6) is 1.63.